The summed E-state index contributed by atoms with van der Waals surface area (Å²) in [6, 6.07) is 3.54. The number of piperidine rings is 1. The summed E-state index contributed by atoms with van der Waals surface area (Å²) in [6.45, 7) is 9.34. The minimum atomic E-state index is -1.25. The Morgan fingerprint density at radius 1 is 1.17 bits per heavy atom. The SMILES string of the molecule is CC(C)(C)OC(=O)N1C[C@@H]2[C@H](C1)[C@H]2C(=O)NC(C)(C)C(=NO)c1cccc(F)c1F. The Bertz CT molecular complexity index is 883. The number of nitrogens with one attached hydrogen (secondary N) is 1. The van der Waals surface area contributed by atoms with E-state index in [4.69, 9.17) is 4.74 Å². The normalized spacial score (nSPS) is 23.8. The lowest BCUT2D eigenvalue weighted by Gasteiger charge is -2.29. The van der Waals surface area contributed by atoms with Crippen LogP contribution in [0.3, 0.4) is 0 Å². The largest absolute Gasteiger partial charge is 0.444 e. The zero-order valence-electron chi connectivity index (χ0n) is 17.7. The molecule has 164 valence electrons. The van der Waals surface area contributed by atoms with Crippen LogP contribution < -0.4 is 5.32 Å². The highest BCUT2D eigenvalue weighted by Gasteiger charge is 2.61. The van der Waals surface area contributed by atoms with Crippen LogP contribution in [-0.2, 0) is 9.53 Å². The fraction of sp³-hybridized carbons (Fsp3) is 0.571. The van der Waals surface area contributed by atoms with Gasteiger partial charge in [0, 0.05) is 24.6 Å². The first kappa shape index (κ1) is 22.0. The van der Waals surface area contributed by atoms with Crippen molar-refractivity contribution in [1.82, 2.24) is 10.2 Å². The molecule has 0 bridgehead atoms. The molecule has 1 heterocycles. The predicted octanol–water partition coefficient (Wildman–Crippen LogP) is 3.15. The molecule has 0 spiro atoms. The average Bonchev–Trinajstić information content (AvgIpc) is 3.11. The van der Waals surface area contributed by atoms with Gasteiger partial charge in [0.05, 0.1) is 5.54 Å². The van der Waals surface area contributed by atoms with Gasteiger partial charge in [-0.1, -0.05) is 11.2 Å². The third kappa shape index (κ3) is 4.24. The Labute approximate surface area is 174 Å². The van der Waals surface area contributed by atoms with Crippen LogP contribution in [0.25, 0.3) is 0 Å². The quantitative estimate of drug-likeness (QED) is 0.442. The molecule has 30 heavy (non-hydrogen) atoms. The Hall–Kier alpha value is -2.71. The van der Waals surface area contributed by atoms with Crippen LogP contribution in [0.1, 0.15) is 40.2 Å². The number of hydrogen-bond acceptors (Lipinski definition) is 5. The Morgan fingerprint density at radius 3 is 2.30 bits per heavy atom. The van der Waals surface area contributed by atoms with Crippen LogP contribution in [-0.4, -0.2) is 52.0 Å². The molecule has 0 radical (unpaired) electrons. The van der Waals surface area contributed by atoms with E-state index in [2.05, 4.69) is 10.5 Å². The van der Waals surface area contributed by atoms with E-state index in [0.717, 1.165) is 6.07 Å². The standard InChI is InChI=1S/C21H27F2N3O4/c1-20(2,3)30-19(28)26-9-12-13(10-26)15(12)18(27)24-21(4,5)17(25-29)11-7-6-8-14(22)16(11)23/h6-8,12-13,15,29H,9-10H2,1-5H3,(H,24,27)/t12-,13+,15+. The van der Waals surface area contributed by atoms with Crippen LogP contribution >= 0.6 is 0 Å². The van der Waals surface area contributed by atoms with Gasteiger partial charge in [0.25, 0.3) is 0 Å². The Morgan fingerprint density at radius 2 is 1.77 bits per heavy atom. The molecule has 3 atom stereocenters. The van der Waals surface area contributed by atoms with Gasteiger partial charge in [-0.3, -0.25) is 4.79 Å². The molecule has 0 aromatic heterocycles. The molecule has 1 aliphatic carbocycles. The summed E-state index contributed by atoms with van der Waals surface area (Å²) in [5.41, 5.74) is -2.25. The van der Waals surface area contributed by atoms with Crippen molar-refractivity contribution in [3.8, 4) is 0 Å². The van der Waals surface area contributed by atoms with Gasteiger partial charge in [0.15, 0.2) is 11.6 Å². The van der Waals surface area contributed by atoms with Gasteiger partial charge in [-0.2, -0.15) is 0 Å². The van der Waals surface area contributed by atoms with Crippen molar-refractivity contribution in [2.75, 3.05) is 13.1 Å². The number of halogens is 2. The van der Waals surface area contributed by atoms with Crippen LogP contribution in [0.15, 0.2) is 23.4 Å². The Kier molecular flexibility index (Phi) is 5.51. The maximum absolute atomic E-state index is 14.2. The van der Waals surface area contributed by atoms with Gasteiger partial charge in [0.2, 0.25) is 5.91 Å². The van der Waals surface area contributed by atoms with E-state index in [0.29, 0.717) is 13.1 Å². The molecule has 1 aromatic carbocycles. The first-order valence-electron chi connectivity index (χ1n) is 9.82. The lowest BCUT2D eigenvalue weighted by Crippen LogP contribution is -2.51. The summed E-state index contributed by atoms with van der Waals surface area (Å²) in [5, 5.41) is 15.3. The zero-order chi connectivity index (χ0) is 22.4. The number of amides is 2. The van der Waals surface area contributed by atoms with E-state index in [1.54, 1.807) is 39.5 Å². The second-order valence-electron chi connectivity index (χ2n) is 9.40. The van der Waals surface area contributed by atoms with E-state index >= 15 is 0 Å². The van der Waals surface area contributed by atoms with Gasteiger partial charge in [0.1, 0.15) is 11.3 Å². The molecular formula is C21H27F2N3O4. The number of carbonyl (C=O) groups is 2. The fourth-order valence-corrected chi connectivity index (χ4v) is 4.04. The number of rotatable bonds is 4. The smallest absolute Gasteiger partial charge is 0.410 e. The van der Waals surface area contributed by atoms with Crippen LogP contribution in [0, 0.1) is 29.4 Å². The van der Waals surface area contributed by atoms with Crippen LogP contribution in [0.2, 0.25) is 0 Å². The maximum atomic E-state index is 14.2. The summed E-state index contributed by atoms with van der Waals surface area (Å²) in [5.74, 6) is -2.75. The van der Waals surface area contributed by atoms with Crippen molar-refractivity contribution in [2.45, 2.75) is 45.8 Å². The van der Waals surface area contributed by atoms with E-state index in [9.17, 15) is 23.6 Å². The van der Waals surface area contributed by atoms with Crippen molar-refractivity contribution in [2.24, 2.45) is 22.9 Å². The highest BCUT2D eigenvalue weighted by molar-refractivity contribution is 6.08. The molecule has 1 aliphatic heterocycles. The maximum Gasteiger partial charge on any atom is 0.410 e. The molecule has 7 nitrogen and oxygen atoms in total. The van der Waals surface area contributed by atoms with Gasteiger partial charge >= 0.3 is 6.09 Å². The van der Waals surface area contributed by atoms with Crippen molar-refractivity contribution in [3.05, 3.63) is 35.4 Å². The number of nitrogens with zero attached hydrogens (tertiary/aromatic N) is 2. The first-order chi connectivity index (χ1) is 13.9. The second kappa shape index (κ2) is 7.52. The van der Waals surface area contributed by atoms with E-state index in [1.807, 2.05) is 0 Å². The first-order valence-corrected chi connectivity index (χ1v) is 9.82. The summed E-state index contributed by atoms with van der Waals surface area (Å²) in [4.78, 5) is 26.6. The van der Waals surface area contributed by atoms with Gasteiger partial charge in [-0.05, 0) is 58.6 Å². The van der Waals surface area contributed by atoms with Crippen molar-refractivity contribution >= 4 is 17.7 Å². The number of ether oxygens (including phenoxy) is 1. The average molecular weight is 423 g/mol. The van der Waals surface area contributed by atoms with Crippen molar-refractivity contribution < 1.29 is 28.3 Å². The molecule has 1 aromatic rings. The Balaban J connectivity index is 1.63. The molecule has 1 saturated carbocycles. The minimum absolute atomic E-state index is 0.0220. The minimum Gasteiger partial charge on any atom is -0.444 e. The second-order valence-corrected chi connectivity index (χ2v) is 9.40. The highest BCUT2D eigenvalue weighted by atomic mass is 19.2. The predicted molar refractivity (Wildman–Crippen MR) is 105 cm³/mol. The molecule has 3 rings (SSSR count). The van der Waals surface area contributed by atoms with E-state index < -0.39 is 28.9 Å². The van der Waals surface area contributed by atoms with E-state index in [1.165, 1.54) is 12.1 Å². The number of oxime groups is 1. The monoisotopic (exact) mass is 423 g/mol. The lowest BCUT2D eigenvalue weighted by molar-refractivity contribution is -0.124. The van der Waals surface area contributed by atoms with Crippen LogP contribution in [0.5, 0.6) is 0 Å². The van der Waals surface area contributed by atoms with Gasteiger partial charge < -0.3 is 20.2 Å². The third-order valence-corrected chi connectivity index (χ3v) is 5.48. The molecule has 2 amide bonds. The number of fused-ring (bicyclic) bond motifs is 1. The van der Waals surface area contributed by atoms with Crippen LogP contribution in [0.4, 0.5) is 13.6 Å². The molecular weight excluding hydrogens is 396 g/mol. The van der Waals surface area contributed by atoms with Gasteiger partial charge in [-0.25, -0.2) is 13.6 Å². The zero-order valence-corrected chi connectivity index (χ0v) is 17.7. The van der Waals surface area contributed by atoms with Gasteiger partial charge in [-0.15, -0.1) is 0 Å². The van der Waals surface area contributed by atoms with Crippen molar-refractivity contribution in [3.63, 3.8) is 0 Å². The summed E-state index contributed by atoms with van der Waals surface area (Å²) >= 11 is 0. The topological polar surface area (TPSA) is 91.2 Å². The summed E-state index contributed by atoms with van der Waals surface area (Å²) in [7, 11) is 0. The molecule has 2 fully saturated rings. The molecule has 2 aliphatic rings. The number of benzene rings is 1. The fourth-order valence-electron chi connectivity index (χ4n) is 4.04. The third-order valence-electron chi connectivity index (χ3n) is 5.48. The van der Waals surface area contributed by atoms with Crippen molar-refractivity contribution in [1.29, 1.82) is 0 Å². The highest BCUT2D eigenvalue weighted by Crippen LogP contribution is 2.52. The number of hydrogen-bond donors (Lipinski definition) is 2. The molecule has 9 heteroatoms. The summed E-state index contributed by atoms with van der Waals surface area (Å²) < 4.78 is 33.1. The molecule has 1 saturated heterocycles. The lowest BCUT2D eigenvalue weighted by atomic mass is 9.91. The molecule has 2 N–H and O–H groups in total. The number of carbonyl (C=O) groups excluding carboxylic acids is 2. The van der Waals surface area contributed by atoms with E-state index in [-0.39, 0.29) is 34.9 Å². The number of likely N-dealkylation sites (tertiary alicyclic amines) is 1. The molecule has 0 unspecified atom stereocenters. The summed E-state index contributed by atoms with van der Waals surface area (Å²) in [6.07, 6.45) is -0.398.